The summed E-state index contributed by atoms with van der Waals surface area (Å²) in [6, 6.07) is 40.3. The van der Waals surface area contributed by atoms with Crippen LogP contribution in [-0.4, -0.2) is 18.0 Å². The number of pyridine rings is 2. The molecule has 0 fully saturated rings. The largest absolute Gasteiger partial charge is 0.500 e. The van der Waals surface area contributed by atoms with Gasteiger partial charge in [-0.1, -0.05) is 126 Å². The first kappa shape index (κ1) is 33.0. The zero-order valence-corrected chi connectivity index (χ0v) is 33.5. The van der Waals surface area contributed by atoms with Crippen molar-refractivity contribution in [3.8, 4) is 33.6 Å². The smallest absolute Gasteiger partial charge is 0.125 e. The third kappa shape index (κ3) is 8.58. The van der Waals surface area contributed by atoms with Crippen molar-refractivity contribution in [3.63, 3.8) is 0 Å². The molecule has 0 aliphatic carbocycles. The molecule has 3 aromatic heterocycles. The number of hydrogen-bond acceptors (Lipinski definition) is 3. The SMILES string of the molecule is C[Si](C)(C)c1ccc(-c2[c-]cccc2)nc1.[2H]C(C)(C)c1c(-c2ccccc2)ccc2c1oc1c[c-]c(-c3cc(C([2H])([2H])C(C)(C)C)ccn3)cc12.[Ir]. The van der Waals surface area contributed by atoms with Gasteiger partial charge in [-0.05, 0) is 51.4 Å². The molecule has 0 amide bonds. The van der Waals surface area contributed by atoms with E-state index < -0.39 is 25.8 Å². The van der Waals surface area contributed by atoms with E-state index in [-0.39, 0.29) is 20.1 Å². The van der Waals surface area contributed by atoms with Crippen LogP contribution in [0.5, 0.6) is 0 Å². The van der Waals surface area contributed by atoms with Crippen molar-refractivity contribution in [3.05, 3.63) is 139 Å². The fraction of sp³-hybridized carbons (Fsp3) is 0.244. The first-order valence-corrected chi connectivity index (χ1v) is 20.3. The standard InChI is InChI=1S/C31H30NO.C14H16NSi.Ir/c1-20(2)29-24(22-9-7-6-8-10-22)12-13-25-26-18-23(11-14-28(26)33-30(25)29)27-17-21(15-16-32-27)19-31(3,4)5;1-16(2,3)13-9-10-14(15-11-13)12-7-5-4-6-8-12;/h6-10,12-18,20H,19H2,1-5H3;4-7,9-11H,1-3H3;/q2*-1;/i19D2,20D;;. The second-order valence-electron chi connectivity index (χ2n) is 14.7. The molecule has 0 spiro atoms. The van der Waals surface area contributed by atoms with E-state index in [0.29, 0.717) is 22.4 Å². The molecule has 7 rings (SSSR count). The van der Waals surface area contributed by atoms with Crippen LogP contribution in [0.3, 0.4) is 0 Å². The molecule has 5 heteroatoms. The molecule has 0 aliphatic heterocycles. The number of nitrogens with zero attached hydrogens (tertiary/aromatic N) is 2. The molecule has 0 saturated carbocycles. The second kappa shape index (κ2) is 15.4. The molecule has 1 radical (unpaired) electrons. The number of benzene rings is 4. The van der Waals surface area contributed by atoms with E-state index >= 15 is 0 Å². The van der Waals surface area contributed by atoms with Crippen molar-refractivity contribution in [1.29, 1.82) is 0 Å². The summed E-state index contributed by atoms with van der Waals surface area (Å²) in [5.41, 5.74) is 7.84. The van der Waals surface area contributed by atoms with E-state index in [2.05, 4.69) is 78.1 Å². The van der Waals surface area contributed by atoms with Gasteiger partial charge in [0.05, 0.1) is 13.7 Å². The van der Waals surface area contributed by atoms with Crippen molar-refractivity contribution in [1.82, 2.24) is 9.97 Å². The zero-order valence-electron chi connectivity index (χ0n) is 33.1. The van der Waals surface area contributed by atoms with E-state index in [4.69, 9.17) is 8.53 Å². The Labute approximate surface area is 316 Å². The number of aromatic nitrogens is 2. The fourth-order valence-electron chi connectivity index (χ4n) is 5.92. The summed E-state index contributed by atoms with van der Waals surface area (Å²) in [6.45, 7) is 16.5. The van der Waals surface area contributed by atoms with E-state index in [1.54, 1.807) is 12.3 Å². The Bertz CT molecular complexity index is 2320. The van der Waals surface area contributed by atoms with Gasteiger partial charge in [0.15, 0.2) is 0 Å². The number of hydrogen-bond donors (Lipinski definition) is 0. The van der Waals surface area contributed by atoms with Crippen LogP contribution in [0.25, 0.3) is 55.6 Å². The van der Waals surface area contributed by atoms with Crippen molar-refractivity contribution < 1.29 is 28.6 Å². The molecule has 0 N–H and O–H groups in total. The van der Waals surface area contributed by atoms with Crippen LogP contribution in [0.1, 0.15) is 55.8 Å². The van der Waals surface area contributed by atoms with Gasteiger partial charge in [-0.15, -0.1) is 59.7 Å². The Morgan fingerprint density at radius 3 is 2.22 bits per heavy atom. The van der Waals surface area contributed by atoms with E-state index in [9.17, 15) is 0 Å². The zero-order chi connectivity index (χ0) is 37.5. The third-order valence-corrected chi connectivity index (χ3v) is 10.4. The van der Waals surface area contributed by atoms with Gasteiger partial charge in [-0.25, -0.2) is 0 Å². The maximum atomic E-state index is 8.91. The molecule has 3 heterocycles. The Balaban J connectivity index is 0.000000267. The van der Waals surface area contributed by atoms with E-state index in [1.807, 2.05) is 101 Å². The monoisotopic (exact) mass is 854 g/mol. The third-order valence-electron chi connectivity index (χ3n) is 8.33. The summed E-state index contributed by atoms with van der Waals surface area (Å²) in [5.74, 6) is -0.875. The molecule has 0 bridgehead atoms. The molecule has 0 saturated heterocycles. The summed E-state index contributed by atoms with van der Waals surface area (Å²) in [7, 11) is -1.23. The van der Waals surface area contributed by atoms with Gasteiger partial charge in [-0.2, -0.15) is 0 Å². The first-order chi connectivity index (χ1) is 24.4. The Kier molecular flexibility index (Phi) is 10.2. The predicted molar refractivity (Wildman–Crippen MR) is 210 cm³/mol. The first-order valence-electron chi connectivity index (χ1n) is 18.3. The predicted octanol–water partition coefficient (Wildman–Crippen LogP) is 11.9. The summed E-state index contributed by atoms with van der Waals surface area (Å²) in [6.07, 6.45) is 2.16. The van der Waals surface area contributed by atoms with Gasteiger partial charge >= 0.3 is 0 Å². The van der Waals surface area contributed by atoms with Crippen molar-refractivity contribution in [2.45, 2.75) is 66.5 Å². The van der Waals surface area contributed by atoms with Crippen LogP contribution in [0.4, 0.5) is 0 Å². The van der Waals surface area contributed by atoms with Crippen molar-refractivity contribution >= 4 is 35.2 Å². The van der Waals surface area contributed by atoms with Crippen LogP contribution in [0, 0.1) is 17.5 Å². The average Bonchev–Trinajstić information content (AvgIpc) is 3.49. The van der Waals surface area contributed by atoms with Gasteiger partial charge in [0.1, 0.15) is 5.58 Å². The van der Waals surface area contributed by atoms with Crippen molar-refractivity contribution in [2.24, 2.45) is 5.41 Å². The number of fused-ring (bicyclic) bond motifs is 3. The fourth-order valence-corrected chi connectivity index (χ4v) is 6.96. The summed E-state index contributed by atoms with van der Waals surface area (Å²) in [4.78, 5) is 9.05. The Morgan fingerprint density at radius 2 is 1.58 bits per heavy atom. The molecule has 0 unspecified atom stereocenters. The minimum Gasteiger partial charge on any atom is -0.500 e. The molecule has 50 heavy (non-hydrogen) atoms. The van der Waals surface area contributed by atoms with E-state index in [0.717, 1.165) is 44.3 Å². The minimum absolute atomic E-state index is 0. The van der Waals surface area contributed by atoms with Crippen LogP contribution in [0.2, 0.25) is 19.6 Å². The maximum Gasteiger partial charge on any atom is 0.125 e. The maximum absolute atomic E-state index is 8.91. The van der Waals surface area contributed by atoms with Gasteiger partial charge in [-0.3, -0.25) is 0 Å². The molecular weight excluding hydrogens is 805 g/mol. The van der Waals surface area contributed by atoms with E-state index in [1.165, 1.54) is 5.19 Å². The molecule has 7 aromatic rings. The van der Waals surface area contributed by atoms with Gasteiger partial charge in [0, 0.05) is 47.6 Å². The second-order valence-corrected chi connectivity index (χ2v) is 19.8. The van der Waals surface area contributed by atoms with Gasteiger partial charge in [0.2, 0.25) is 0 Å². The van der Waals surface area contributed by atoms with Gasteiger partial charge < -0.3 is 14.4 Å². The van der Waals surface area contributed by atoms with Gasteiger partial charge in [0.25, 0.3) is 0 Å². The quantitative estimate of drug-likeness (QED) is 0.124. The molecule has 3 nitrogen and oxygen atoms in total. The topological polar surface area (TPSA) is 38.9 Å². The minimum atomic E-state index is -1.51. The summed E-state index contributed by atoms with van der Waals surface area (Å²) in [5, 5.41) is 3.26. The van der Waals surface area contributed by atoms with Crippen LogP contribution >= 0.6 is 0 Å². The Morgan fingerprint density at radius 1 is 0.820 bits per heavy atom. The van der Waals surface area contributed by atoms with Crippen LogP contribution in [-0.2, 0) is 26.5 Å². The molecule has 0 atom stereocenters. The molecule has 0 aliphatic rings. The summed E-state index contributed by atoms with van der Waals surface area (Å²) < 4.78 is 32.6. The molecular formula is C45H46IrN2OSi-2. The normalized spacial score (nSPS) is 13.1. The molecule has 4 aromatic carbocycles. The number of furan rings is 1. The van der Waals surface area contributed by atoms with Crippen LogP contribution < -0.4 is 5.19 Å². The van der Waals surface area contributed by atoms with Crippen molar-refractivity contribution in [2.75, 3.05) is 0 Å². The Hall–Kier alpha value is -4.15. The summed E-state index contributed by atoms with van der Waals surface area (Å²) >= 11 is 0. The number of rotatable bonds is 6. The van der Waals surface area contributed by atoms with Crippen LogP contribution in [0.15, 0.2) is 120 Å². The molecule has 257 valence electrons. The average molecular weight is 854 g/mol.